The first kappa shape index (κ1) is 14.8. The van der Waals surface area contributed by atoms with Crippen molar-refractivity contribution < 1.29 is 9.63 Å². The Morgan fingerprint density at radius 3 is 2.77 bits per heavy atom. The van der Waals surface area contributed by atoms with Crippen LogP contribution in [-0.2, 0) is 9.63 Å². The van der Waals surface area contributed by atoms with Gasteiger partial charge in [0.25, 0.3) is 5.91 Å². The summed E-state index contributed by atoms with van der Waals surface area (Å²) in [7, 11) is 0. The van der Waals surface area contributed by atoms with Gasteiger partial charge in [0.15, 0.2) is 6.10 Å². The van der Waals surface area contributed by atoms with Crippen molar-refractivity contribution in [1.82, 2.24) is 0 Å². The van der Waals surface area contributed by atoms with Crippen molar-refractivity contribution >= 4 is 33.2 Å². The largest absolute Gasteiger partial charge is 0.387 e. The van der Waals surface area contributed by atoms with E-state index in [0.717, 1.165) is 21.3 Å². The highest BCUT2D eigenvalue weighted by Gasteiger charge is 2.27. The second kappa shape index (κ2) is 6.32. The maximum atomic E-state index is 12.3. The van der Waals surface area contributed by atoms with Crippen molar-refractivity contribution in [2.24, 2.45) is 5.16 Å². The smallest absolute Gasteiger partial charge is 0.273 e. The van der Waals surface area contributed by atoms with Crippen molar-refractivity contribution in [1.29, 1.82) is 0 Å². The van der Waals surface area contributed by atoms with Gasteiger partial charge in [-0.05, 0) is 46.1 Å². The molecule has 5 heteroatoms. The lowest BCUT2D eigenvalue weighted by molar-refractivity contribution is -0.110. The van der Waals surface area contributed by atoms with Crippen molar-refractivity contribution in [3.8, 4) is 0 Å². The van der Waals surface area contributed by atoms with E-state index in [9.17, 15) is 4.79 Å². The van der Waals surface area contributed by atoms with Crippen molar-refractivity contribution in [3.63, 3.8) is 0 Å². The van der Waals surface area contributed by atoms with Gasteiger partial charge in [-0.1, -0.05) is 41.6 Å². The molecule has 3 rings (SSSR count). The summed E-state index contributed by atoms with van der Waals surface area (Å²) in [5.41, 5.74) is 3.27. The van der Waals surface area contributed by atoms with Gasteiger partial charge < -0.3 is 10.2 Å². The molecule has 0 fully saturated rings. The third kappa shape index (κ3) is 3.20. The molecular formula is C17H15BrN2O2. The first-order valence-electron chi connectivity index (χ1n) is 6.98. The maximum Gasteiger partial charge on any atom is 0.273 e. The average molecular weight is 359 g/mol. The van der Waals surface area contributed by atoms with Crippen molar-refractivity contribution in [2.45, 2.75) is 19.4 Å². The van der Waals surface area contributed by atoms with E-state index >= 15 is 0 Å². The Bertz CT molecular complexity index is 729. The van der Waals surface area contributed by atoms with Crippen LogP contribution in [0.3, 0.4) is 0 Å². The summed E-state index contributed by atoms with van der Waals surface area (Å²) < 4.78 is 0.847. The predicted octanol–water partition coefficient (Wildman–Crippen LogP) is 4.21. The third-order valence-electron chi connectivity index (χ3n) is 3.48. The molecule has 1 amide bonds. The summed E-state index contributed by atoms with van der Waals surface area (Å²) in [5, 5.41) is 6.78. The molecule has 0 aliphatic carbocycles. The van der Waals surface area contributed by atoms with Crippen LogP contribution < -0.4 is 5.32 Å². The minimum atomic E-state index is -0.233. The lowest BCUT2D eigenvalue weighted by Gasteiger charge is -2.08. The van der Waals surface area contributed by atoms with Crippen LogP contribution in [0.2, 0.25) is 0 Å². The standard InChI is InChI=1S/C17H15BrN2O2/c1-11-7-8-14(13(18)9-11)19-17(21)15-10-16(22-20-15)12-5-3-2-4-6-12/h2-9,16H,10H2,1H3,(H,19,21). The number of nitrogens with zero attached hydrogens (tertiary/aromatic N) is 1. The number of benzene rings is 2. The molecule has 112 valence electrons. The molecule has 4 nitrogen and oxygen atoms in total. The number of amides is 1. The van der Waals surface area contributed by atoms with E-state index in [2.05, 4.69) is 26.4 Å². The summed E-state index contributed by atoms with van der Waals surface area (Å²) in [6.45, 7) is 2.00. The molecule has 1 atom stereocenters. The van der Waals surface area contributed by atoms with Crippen molar-refractivity contribution in [3.05, 3.63) is 64.1 Å². The van der Waals surface area contributed by atoms with Gasteiger partial charge in [-0.15, -0.1) is 0 Å². The molecule has 0 saturated carbocycles. The minimum Gasteiger partial charge on any atom is -0.387 e. The number of oxime groups is 1. The van der Waals surface area contributed by atoms with Crippen LogP contribution in [0.1, 0.15) is 23.7 Å². The highest BCUT2D eigenvalue weighted by Crippen LogP contribution is 2.28. The molecule has 0 saturated heterocycles. The number of aryl methyl sites for hydroxylation is 1. The fourth-order valence-electron chi connectivity index (χ4n) is 2.27. The second-order valence-electron chi connectivity index (χ2n) is 5.18. The Labute approximate surface area is 137 Å². The molecule has 0 aromatic heterocycles. The molecule has 22 heavy (non-hydrogen) atoms. The van der Waals surface area contributed by atoms with Crippen LogP contribution >= 0.6 is 15.9 Å². The van der Waals surface area contributed by atoms with Crippen LogP contribution in [0.5, 0.6) is 0 Å². The Balaban J connectivity index is 1.67. The molecule has 2 aromatic rings. The highest BCUT2D eigenvalue weighted by atomic mass is 79.9. The quantitative estimate of drug-likeness (QED) is 0.892. The molecule has 1 aliphatic rings. The molecule has 1 aliphatic heterocycles. The van der Waals surface area contributed by atoms with Gasteiger partial charge in [-0.3, -0.25) is 4.79 Å². The van der Waals surface area contributed by atoms with Gasteiger partial charge in [-0.25, -0.2) is 0 Å². The number of carbonyl (C=O) groups is 1. The van der Waals surface area contributed by atoms with Crippen molar-refractivity contribution in [2.75, 3.05) is 5.32 Å². The van der Waals surface area contributed by atoms with E-state index in [4.69, 9.17) is 4.84 Å². The number of halogens is 1. The topological polar surface area (TPSA) is 50.7 Å². The zero-order valence-electron chi connectivity index (χ0n) is 12.0. The first-order chi connectivity index (χ1) is 10.6. The highest BCUT2D eigenvalue weighted by molar-refractivity contribution is 9.10. The van der Waals surface area contributed by atoms with E-state index in [-0.39, 0.29) is 12.0 Å². The van der Waals surface area contributed by atoms with E-state index in [0.29, 0.717) is 12.1 Å². The Kier molecular flexibility index (Phi) is 4.24. The van der Waals surface area contributed by atoms with Crippen LogP contribution in [0.15, 0.2) is 58.2 Å². The van der Waals surface area contributed by atoms with Gasteiger partial charge in [0.1, 0.15) is 5.71 Å². The van der Waals surface area contributed by atoms with Crippen LogP contribution in [0.25, 0.3) is 0 Å². The van der Waals surface area contributed by atoms with E-state index in [1.54, 1.807) is 0 Å². The fraction of sp³-hybridized carbons (Fsp3) is 0.176. The average Bonchev–Trinajstić information content (AvgIpc) is 3.01. The molecule has 1 N–H and O–H groups in total. The number of hydrogen-bond donors (Lipinski definition) is 1. The van der Waals surface area contributed by atoms with E-state index in [1.165, 1.54) is 0 Å². The number of anilines is 1. The van der Waals surface area contributed by atoms with Gasteiger partial charge in [0.05, 0.1) is 5.69 Å². The van der Waals surface area contributed by atoms with Gasteiger partial charge in [-0.2, -0.15) is 0 Å². The summed E-state index contributed by atoms with van der Waals surface area (Å²) in [6, 6.07) is 15.5. The normalized spacial score (nSPS) is 16.8. The summed E-state index contributed by atoms with van der Waals surface area (Å²) in [4.78, 5) is 17.7. The van der Waals surface area contributed by atoms with Crippen LogP contribution in [0, 0.1) is 6.92 Å². The molecule has 0 radical (unpaired) electrons. The Morgan fingerprint density at radius 2 is 2.05 bits per heavy atom. The number of carbonyl (C=O) groups excluding carboxylic acids is 1. The molecule has 0 bridgehead atoms. The summed E-state index contributed by atoms with van der Waals surface area (Å²) in [5.74, 6) is -0.233. The molecule has 2 aromatic carbocycles. The predicted molar refractivity (Wildman–Crippen MR) is 89.8 cm³/mol. The summed E-state index contributed by atoms with van der Waals surface area (Å²) in [6.07, 6.45) is 0.280. The van der Waals surface area contributed by atoms with Gasteiger partial charge >= 0.3 is 0 Å². The van der Waals surface area contributed by atoms with Crippen LogP contribution in [0.4, 0.5) is 5.69 Å². The SMILES string of the molecule is Cc1ccc(NC(=O)C2=NOC(c3ccccc3)C2)c(Br)c1. The summed E-state index contributed by atoms with van der Waals surface area (Å²) >= 11 is 3.45. The maximum absolute atomic E-state index is 12.3. The third-order valence-corrected chi connectivity index (χ3v) is 4.13. The second-order valence-corrected chi connectivity index (χ2v) is 6.04. The van der Waals surface area contributed by atoms with E-state index in [1.807, 2.05) is 55.5 Å². The van der Waals surface area contributed by atoms with E-state index < -0.39 is 0 Å². The molecule has 1 unspecified atom stereocenters. The monoisotopic (exact) mass is 358 g/mol. The molecule has 1 heterocycles. The molecule has 0 spiro atoms. The number of hydrogen-bond acceptors (Lipinski definition) is 3. The van der Waals surface area contributed by atoms with Gasteiger partial charge in [0.2, 0.25) is 0 Å². The van der Waals surface area contributed by atoms with Gasteiger partial charge in [0, 0.05) is 10.9 Å². The molecular weight excluding hydrogens is 344 g/mol. The first-order valence-corrected chi connectivity index (χ1v) is 7.78. The fourth-order valence-corrected chi connectivity index (χ4v) is 2.87. The lowest BCUT2D eigenvalue weighted by atomic mass is 10.0. The number of rotatable bonds is 3. The Morgan fingerprint density at radius 1 is 1.27 bits per heavy atom. The zero-order valence-corrected chi connectivity index (χ0v) is 13.6. The van der Waals surface area contributed by atoms with Crippen LogP contribution in [-0.4, -0.2) is 11.6 Å². The zero-order chi connectivity index (χ0) is 15.5. The number of nitrogens with one attached hydrogen (secondary N) is 1. The lowest BCUT2D eigenvalue weighted by Crippen LogP contribution is -2.22. The Hall–Kier alpha value is -2.14. The minimum absolute atomic E-state index is 0.191.